The van der Waals surface area contributed by atoms with E-state index in [0.717, 1.165) is 6.42 Å². The molecule has 1 saturated carbocycles. The van der Waals surface area contributed by atoms with Gasteiger partial charge in [0.2, 0.25) is 0 Å². The van der Waals surface area contributed by atoms with Gasteiger partial charge in [0.1, 0.15) is 11.7 Å². The van der Waals surface area contributed by atoms with Crippen molar-refractivity contribution >= 4 is 20.3 Å². The maximum absolute atomic E-state index is 12.8. The summed E-state index contributed by atoms with van der Waals surface area (Å²) in [4.78, 5) is 24.7. The van der Waals surface area contributed by atoms with Gasteiger partial charge in [-0.1, -0.05) is 52.9 Å². The van der Waals surface area contributed by atoms with E-state index in [1.54, 1.807) is 20.8 Å². The zero-order valence-corrected chi connectivity index (χ0v) is 20.2. The Bertz CT molecular complexity index is 517. The fraction of sp³-hybridized carbons (Fsp3) is 0.905. The molecule has 1 aliphatic rings. The number of hydrazine groups is 1. The number of nitrogens with one attached hydrogen (secondary N) is 2. The summed E-state index contributed by atoms with van der Waals surface area (Å²) in [5, 5.41) is 0.00889. The zero-order chi connectivity index (χ0) is 21.6. The van der Waals surface area contributed by atoms with Crippen molar-refractivity contribution in [1.29, 1.82) is 0 Å². The highest BCUT2D eigenvalue weighted by Crippen LogP contribution is 2.38. The molecule has 1 atom stereocenters. The minimum Gasteiger partial charge on any atom is -0.443 e. The number of hydrogen-bond acceptors (Lipinski definition) is 4. The van der Waals surface area contributed by atoms with E-state index in [0.29, 0.717) is 12.3 Å². The molecule has 0 bridgehead atoms. The van der Waals surface area contributed by atoms with Crippen molar-refractivity contribution in [3.8, 4) is 0 Å². The highest BCUT2D eigenvalue weighted by molar-refractivity contribution is 6.74. The molecular formula is C21H42N2O4Si. The fourth-order valence-corrected chi connectivity index (χ4v) is 4.43. The molecule has 1 rings (SSSR count). The Morgan fingerprint density at radius 2 is 1.57 bits per heavy atom. The Labute approximate surface area is 172 Å². The van der Waals surface area contributed by atoms with Crippen molar-refractivity contribution in [2.75, 3.05) is 0 Å². The maximum Gasteiger partial charge on any atom is 0.426 e. The first-order valence-corrected chi connectivity index (χ1v) is 13.6. The Balaban J connectivity index is 2.72. The van der Waals surface area contributed by atoms with Crippen LogP contribution in [-0.4, -0.2) is 32.0 Å². The number of amides is 2. The van der Waals surface area contributed by atoms with Crippen LogP contribution < -0.4 is 10.9 Å². The first-order chi connectivity index (χ1) is 12.7. The minimum atomic E-state index is -2.12. The summed E-state index contributed by atoms with van der Waals surface area (Å²) in [6.07, 6.45) is 6.81. The second-order valence-electron chi connectivity index (χ2n) is 10.6. The fourth-order valence-electron chi connectivity index (χ4n) is 3.14. The van der Waals surface area contributed by atoms with Gasteiger partial charge in [0, 0.05) is 0 Å². The molecule has 7 heteroatoms. The summed E-state index contributed by atoms with van der Waals surface area (Å²) < 4.78 is 11.6. The van der Waals surface area contributed by atoms with Crippen LogP contribution in [0.5, 0.6) is 0 Å². The number of ether oxygens (including phenoxy) is 1. The number of rotatable bonds is 6. The van der Waals surface area contributed by atoms with Gasteiger partial charge in [0.05, 0.1) is 0 Å². The predicted molar refractivity (Wildman–Crippen MR) is 115 cm³/mol. The first kappa shape index (κ1) is 25.0. The highest BCUT2D eigenvalue weighted by atomic mass is 28.4. The quantitative estimate of drug-likeness (QED) is 0.457. The standard InChI is InChI=1S/C21H42N2O4Si/c1-20(2,3)26-19(25)23-22-18(24)17(27-28(7,8)21(4,5)6)15-14-16-12-10-9-11-13-16/h16-17H,9-15H2,1-8H3,(H,22,24)(H,23,25)/t17-/m1/s1. The molecule has 2 amide bonds. The van der Waals surface area contributed by atoms with Crippen LogP contribution in [0.1, 0.15) is 86.5 Å². The average molecular weight is 415 g/mol. The van der Waals surface area contributed by atoms with Crippen LogP contribution in [0.25, 0.3) is 0 Å². The Hall–Kier alpha value is -1.08. The number of carbonyl (C=O) groups is 2. The SMILES string of the molecule is CC(C)(C)OC(=O)NNC(=O)[C@@H](CCC1CCCCC1)O[Si](C)(C)C(C)(C)C. The molecule has 0 aliphatic heterocycles. The molecule has 6 nitrogen and oxygen atoms in total. The Morgan fingerprint density at radius 1 is 1.00 bits per heavy atom. The molecule has 0 aromatic heterocycles. The normalized spacial score (nSPS) is 17.7. The molecule has 0 radical (unpaired) electrons. The third-order valence-electron chi connectivity index (χ3n) is 5.78. The van der Waals surface area contributed by atoms with Crippen LogP contribution in [-0.2, 0) is 14.0 Å². The van der Waals surface area contributed by atoms with E-state index in [1.165, 1.54) is 32.1 Å². The van der Waals surface area contributed by atoms with Crippen LogP contribution in [0, 0.1) is 5.92 Å². The molecule has 0 spiro atoms. The Kier molecular flexibility index (Phi) is 9.00. The third-order valence-corrected chi connectivity index (χ3v) is 10.3. The van der Waals surface area contributed by atoms with Crippen LogP contribution in [0.15, 0.2) is 0 Å². The maximum atomic E-state index is 12.8. The number of carbonyl (C=O) groups excluding carboxylic acids is 2. The van der Waals surface area contributed by atoms with Crippen LogP contribution in [0.4, 0.5) is 4.79 Å². The molecule has 1 aliphatic carbocycles. The van der Waals surface area contributed by atoms with Gasteiger partial charge in [-0.2, -0.15) is 0 Å². The summed E-state index contributed by atoms with van der Waals surface area (Å²) in [7, 11) is -2.12. The van der Waals surface area contributed by atoms with E-state index >= 15 is 0 Å². The van der Waals surface area contributed by atoms with Gasteiger partial charge in [-0.3, -0.25) is 10.2 Å². The van der Waals surface area contributed by atoms with E-state index in [4.69, 9.17) is 9.16 Å². The second-order valence-corrected chi connectivity index (χ2v) is 15.3. The second kappa shape index (κ2) is 10.1. The lowest BCUT2D eigenvalue weighted by molar-refractivity contribution is -0.130. The van der Waals surface area contributed by atoms with Gasteiger partial charge >= 0.3 is 6.09 Å². The van der Waals surface area contributed by atoms with Crippen molar-refractivity contribution < 1.29 is 18.8 Å². The van der Waals surface area contributed by atoms with E-state index in [-0.39, 0.29) is 10.9 Å². The molecular weight excluding hydrogens is 372 g/mol. The summed E-state index contributed by atoms with van der Waals surface area (Å²) in [5.74, 6) is 0.373. The molecule has 0 saturated heterocycles. The molecule has 164 valence electrons. The summed E-state index contributed by atoms with van der Waals surface area (Å²) in [6, 6.07) is 0. The summed E-state index contributed by atoms with van der Waals surface area (Å²) in [5.41, 5.74) is 4.24. The molecule has 0 unspecified atom stereocenters. The molecule has 0 aromatic rings. The zero-order valence-electron chi connectivity index (χ0n) is 19.2. The van der Waals surface area contributed by atoms with E-state index in [9.17, 15) is 9.59 Å². The van der Waals surface area contributed by atoms with Crippen molar-refractivity contribution in [2.45, 2.75) is 116 Å². The van der Waals surface area contributed by atoms with Gasteiger partial charge in [0.25, 0.3) is 5.91 Å². The monoisotopic (exact) mass is 414 g/mol. The third kappa shape index (κ3) is 8.95. The molecule has 2 N–H and O–H groups in total. The van der Waals surface area contributed by atoms with Gasteiger partial charge in [0.15, 0.2) is 8.32 Å². The number of hydrogen-bond donors (Lipinski definition) is 2. The Morgan fingerprint density at radius 3 is 2.07 bits per heavy atom. The lowest BCUT2D eigenvalue weighted by Crippen LogP contribution is -2.53. The van der Waals surface area contributed by atoms with Gasteiger partial charge in [-0.05, 0) is 57.7 Å². The van der Waals surface area contributed by atoms with Crippen molar-refractivity contribution in [3.05, 3.63) is 0 Å². The lowest BCUT2D eigenvalue weighted by Gasteiger charge is -2.39. The average Bonchev–Trinajstić information content (AvgIpc) is 2.54. The van der Waals surface area contributed by atoms with E-state index in [2.05, 4.69) is 44.7 Å². The first-order valence-electron chi connectivity index (χ1n) is 10.7. The van der Waals surface area contributed by atoms with Crippen molar-refractivity contribution in [1.82, 2.24) is 10.9 Å². The minimum absolute atomic E-state index is 0.00889. The molecule has 28 heavy (non-hydrogen) atoms. The summed E-state index contributed by atoms with van der Waals surface area (Å²) in [6.45, 7) is 16.1. The predicted octanol–water partition coefficient (Wildman–Crippen LogP) is 5.29. The van der Waals surface area contributed by atoms with Crippen molar-refractivity contribution in [3.63, 3.8) is 0 Å². The molecule has 0 heterocycles. The largest absolute Gasteiger partial charge is 0.443 e. The van der Waals surface area contributed by atoms with E-state index in [1.807, 2.05) is 0 Å². The smallest absolute Gasteiger partial charge is 0.426 e. The van der Waals surface area contributed by atoms with Gasteiger partial charge < -0.3 is 9.16 Å². The van der Waals surface area contributed by atoms with E-state index < -0.39 is 26.1 Å². The summed E-state index contributed by atoms with van der Waals surface area (Å²) >= 11 is 0. The molecule has 0 aromatic carbocycles. The van der Waals surface area contributed by atoms with Crippen LogP contribution in [0.3, 0.4) is 0 Å². The van der Waals surface area contributed by atoms with Crippen molar-refractivity contribution in [2.24, 2.45) is 5.92 Å². The highest BCUT2D eigenvalue weighted by Gasteiger charge is 2.41. The van der Waals surface area contributed by atoms with Crippen LogP contribution >= 0.6 is 0 Å². The van der Waals surface area contributed by atoms with Crippen LogP contribution in [0.2, 0.25) is 18.1 Å². The lowest BCUT2D eigenvalue weighted by atomic mass is 9.85. The molecule has 1 fully saturated rings. The van der Waals surface area contributed by atoms with Gasteiger partial charge in [-0.15, -0.1) is 0 Å². The van der Waals surface area contributed by atoms with Gasteiger partial charge in [-0.25, -0.2) is 10.2 Å². The topological polar surface area (TPSA) is 76.7 Å².